The summed E-state index contributed by atoms with van der Waals surface area (Å²) in [7, 11) is -3.39. The van der Waals surface area contributed by atoms with E-state index in [2.05, 4.69) is 10.6 Å². The molecule has 1 aliphatic heterocycles. The van der Waals surface area contributed by atoms with Crippen LogP contribution < -0.4 is 10.6 Å². The molecular weight excluding hydrogens is 264 g/mol. The van der Waals surface area contributed by atoms with Crippen LogP contribution in [0.4, 0.5) is 0 Å². The summed E-state index contributed by atoms with van der Waals surface area (Å²) in [6, 6.07) is 6.56. The van der Waals surface area contributed by atoms with Crippen molar-refractivity contribution in [2.24, 2.45) is 0 Å². The van der Waals surface area contributed by atoms with E-state index in [1.807, 2.05) is 0 Å². The van der Waals surface area contributed by atoms with E-state index in [4.69, 9.17) is 0 Å². The third-order valence-electron chi connectivity index (χ3n) is 3.20. The highest BCUT2D eigenvalue weighted by molar-refractivity contribution is 7.90. The van der Waals surface area contributed by atoms with Crippen LogP contribution in [0, 0.1) is 0 Å². The minimum Gasteiger partial charge on any atom is -0.350 e. The van der Waals surface area contributed by atoms with Crippen LogP contribution in [-0.2, 0) is 9.84 Å². The maximum absolute atomic E-state index is 12.1. The van der Waals surface area contributed by atoms with Crippen LogP contribution >= 0.6 is 0 Å². The fraction of sp³-hybridized carbons (Fsp3) is 0.462. The van der Waals surface area contributed by atoms with Crippen molar-refractivity contribution in [2.75, 3.05) is 19.3 Å². The quantitative estimate of drug-likeness (QED) is 0.846. The maximum atomic E-state index is 12.1. The number of nitrogens with one attached hydrogen (secondary N) is 2. The van der Waals surface area contributed by atoms with Gasteiger partial charge in [0.05, 0.1) is 10.5 Å². The lowest BCUT2D eigenvalue weighted by Crippen LogP contribution is -2.37. The summed E-state index contributed by atoms with van der Waals surface area (Å²) in [5.41, 5.74) is 0.211. The molecule has 2 rings (SSSR count). The second-order valence-corrected chi connectivity index (χ2v) is 6.76. The Bertz CT molecular complexity index is 563. The van der Waals surface area contributed by atoms with Gasteiger partial charge in [-0.1, -0.05) is 12.1 Å². The van der Waals surface area contributed by atoms with Crippen LogP contribution in [0.15, 0.2) is 29.2 Å². The molecule has 0 saturated carbocycles. The molecule has 1 aromatic rings. The third kappa shape index (κ3) is 3.54. The van der Waals surface area contributed by atoms with Gasteiger partial charge >= 0.3 is 0 Å². The summed E-state index contributed by atoms with van der Waals surface area (Å²) in [5, 5.41) is 6.06. The molecule has 5 nitrogen and oxygen atoms in total. The van der Waals surface area contributed by atoms with E-state index in [0.29, 0.717) is 6.54 Å². The van der Waals surface area contributed by atoms with E-state index >= 15 is 0 Å². The van der Waals surface area contributed by atoms with Crippen LogP contribution in [0.5, 0.6) is 0 Å². The molecule has 1 aliphatic rings. The summed E-state index contributed by atoms with van der Waals surface area (Å²) in [5.74, 6) is -0.338. The average Bonchev–Trinajstić information content (AvgIpc) is 2.88. The topological polar surface area (TPSA) is 75.3 Å². The van der Waals surface area contributed by atoms with Crippen molar-refractivity contribution in [1.82, 2.24) is 10.6 Å². The number of benzene rings is 1. The molecule has 1 fully saturated rings. The Morgan fingerprint density at radius 1 is 1.42 bits per heavy atom. The Morgan fingerprint density at radius 3 is 2.79 bits per heavy atom. The number of carbonyl (C=O) groups excluding carboxylic acids is 1. The molecule has 0 spiro atoms. The number of amides is 1. The Labute approximate surface area is 113 Å². The predicted octanol–water partition coefficient (Wildman–Crippen LogP) is 0.572. The Morgan fingerprint density at radius 2 is 2.16 bits per heavy atom. The fourth-order valence-corrected chi connectivity index (χ4v) is 3.11. The fourth-order valence-electron chi connectivity index (χ4n) is 2.22. The number of rotatable bonds is 4. The second-order valence-electron chi connectivity index (χ2n) is 4.77. The molecule has 0 aliphatic carbocycles. The van der Waals surface area contributed by atoms with Gasteiger partial charge in [0.2, 0.25) is 0 Å². The molecule has 1 amide bonds. The van der Waals surface area contributed by atoms with E-state index in [9.17, 15) is 13.2 Å². The highest BCUT2D eigenvalue weighted by atomic mass is 32.2. The van der Waals surface area contributed by atoms with Gasteiger partial charge < -0.3 is 10.6 Å². The van der Waals surface area contributed by atoms with Gasteiger partial charge in [0.15, 0.2) is 9.84 Å². The zero-order chi connectivity index (χ0) is 13.9. The molecule has 1 heterocycles. The zero-order valence-corrected chi connectivity index (χ0v) is 11.7. The largest absolute Gasteiger partial charge is 0.350 e. The third-order valence-corrected chi connectivity index (χ3v) is 4.36. The van der Waals surface area contributed by atoms with Crippen LogP contribution in [-0.4, -0.2) is 39.7 Å². The number of hydrogen-bond donors (Lipinski definition) is 2. The first-order chi connectivity index (χ1) is 8.98. The van der Waals surface area contributed by atoms with Gasteiger partial charge in [-0.15, -0.1) is 0 Å². The predicted molar refractivity (Wildman–Crippen MR) is 72.9 cm³/mol. The van der Waals surface area contributed by atoms with E-state index < -0.39 is 9.84 Å². The molecule has 0 unspecified atom stereocenters. The summed E-state index contributed by atoms with van der Waals surface area (Å²) < 4.78 is 23.3. The number of hydrogen-bond acceptors (Lipinski definition) is 4. The van der Waals surface area contributed by atoms with Crippen molar-refractivity contribution in [1.29, 1.82) is 0 Å². The van der Waals surface area contributed by atoms with Gasteiger partial charge in [0, 0.05) is 18.8 Å². The lowest BCUT2D eigenvalue weighted by molar-refractivity contribution is 0.0947. The summed E-state index contributed by atoms with van der Waals surface area (Å²) in [4.78, 5) is 12.1. The molecule has 19 heavy (non-hydrogen) atoms. The maximum Gasteiger partial charge on any atom is 0.252 e. The minimum atomic E-state index is -3.39. The minimum absolute atomic E-state index is 0.0758. The van der Waals surface area contributed by atoms with Gasteiger partial charge in [0.25, 0.3) is 5.91 Å². The van der Waals surface area contributed by atoms with Gasteiger partial charge in [-0.2, -0.15) is 0 Å². The van der Waals surface area contributed by atoms with Crippen LogP contribution in [0.25, 0.3) is 0 Å². The summed E-state index contributed by atoms with van der Waals surface area (Å²) >= 11 is 0. The summed E-state index contributed by atoms with van der Waals surface area (Å²) in [6.45, 7) is 1.50. The second kappa shape index (κ2) is 5.71. The van der Waals surface area contributed by atoms with E-state index in [1.54, 1.807) is 12.1 Å². The van der Waals surface area contributed by atoms with Crippen molar-refractivity contribution in [3.63, 3.8) is 0 Å². The zero-order valence-electron chi connectivity index (χ0n) is 10.8. The van der Waals surface area contributed by atoms with Crippen molar-refractivity contribution in [2.45, 2.75) is 23.8 Å². The first-order valence-electron chi connectivity index (χ1n) is 6.29. The SMILES string of the molecule is CS(=O)(=O)c1ccccc1C(=O)NC[C@@H]1CCCN1. The first-order valence-corrected chi connectivity index (χ1v) is 8.18. The van der Waals surface area contributed by atoms with E-state index in [0.717, 1.165) is 25.6 Å². The average molecular weight is 282 g/mol. The number of carbonyl (C=O) groups is 1. The molecule has 2 N–H and O–H groups in total. The Balaban J connectivity index is 2.10. The van der Waals surface area contributed by atoms with Crippen LogP contribution in [0.2, 0.25) is 0 Å². The summed E-state index contributed by atoms with van der Waals surface area (Å²) in [6.07, 6.45) is 3.26. The standard InChI is InChI=1S/C13H18N2O3S/c1-19(17,18)12-7-3-2-6-11(12)13(16)15-9-10-5-4-8-14-10/h2-3,6-7,10,14H,4-5,8-9H2,1H3,(H,15,16)/t10-/m0/s1. The monoisotopic (exact) mass is 282 g/mol. The molecular formula is C13H18N2O3S. The molecule has 1 aromatic carbocycles. The van der Waals surface area contributed by atoms with E-state index in [1.165, 1.54) is 12.1 Å². The molecule has 6 heteroatoms. The molecule has 1 saturated heterocycles. The van der Waals surface area contributed by atoms with Crippen molar-refractivity contribution in [3.8, 4) is 0 Å². The van der Waals surface area contributed by atoms with Gasteiger partial charge in [0.1, 0.15) is 0 Å². The van der Waals surface area contributed by atoms with E-state index in [-0.39, 0.29) is 22.4 Å². The molecule has 1 atom stereocenters. The number of sulfone groups is 1. The lowest BCUT2D eigenvalue weighted by Gasteiger charge is -2.13. The lowest BCUT2D eigenvalue weighted by atomic mass is 10.2. The molecule has 104 valence electrons. The van der Waals surface area contributed by atoms with Crippen molar-refractivity contribution < 1.29 is 13.2 Å². The molecule has 0 aromatic heterocycles. The highest BCUT2D eigenvalue weighted by Gasteiger charge is 2.19. The normalized spacial score (nSPS) is 19.3. The highest BCUT2D eigenvalue weighted by Crippen LogP contribution is 2.15. The Hall–Kier alpha value is -1.40. The van der Waals surface area contributed by atoms with Crippen LogP contribution in [0.3, 0.4) is 0 Å². The van der Waals surface area contributed by atoms with Crippen LogP contribution in [0.1, 0.15) is 23.2 Å². The smallest absolute Gasteiger partial charge is 0.252 e. The van der Waals surface area contributed by atoms with Crippen molar-refractivity contribution >= 4 is 15.7 Å². The van der Waals surface area contributed by atoms with Gasteiger partial charge in [-0.3, -0.25) is 4.79 Å². The first kappa shape index (κ1) is 14.0. The van der Waals surface area contributed by atoms with Gasteiger partial charge in [-0.25, -0.2) is 8.42 Å². The Kier molecular flexibility index (Phi) is 4.21. The van der Waals surface area contributed by atoms with Gasteiger partial charge in [-0.05, 0) is 31.5 Å². The molecule has 0 radical (unpaired) electrons. The van der Waals surface area contributed by atoms with Crippen molar-refractivity contribution in [3.05, 3.63) is 29.8 Å². The molecule has 0 bridgehead atoms.